The molecular weight excluding hydrogens is 429 g/mol. The SMILES string of the molecule is COc1ccc(F)c(-c2cccc3c2CC[C@H]3Oc2ccc(C3=CC(=O)NS3=O)cc2)c1. The number of rotatable bonds is 5. The van der Waals surface area contributed by atoms with Gasteiger partial charge in [-0.05, 0) is 65.4 Å². The molecule has 1 unspecified atom stereocenters. The van der Waals surface area contributed by atoms with Gasteiger partial charge in [0.2, 0.25) is 0 Å². The van der Waals surface area contributed by atoms with E-state index in [0.29, 0.717) is 27.5 Å². The molecule has 0 fully saturated rings. The normalized spacial score (nSPS) is 19.3. The first-order valence-electron chi connectivity index (χ1n) is 10.2. The molecule has 0 aromatic heterocycles. The van der Waals surface area contributed by atoms with Gasteiger partial charge in [-0.2, -0.15) is 0 Å². The summed E-state index contributed by atoms with van der Waals surface area (Å²) in [6, 6.07) is 17.8. The van der Waals surface area contributed by atoms with Crippen LogP contribution in [0.1, 0.15) is 29.2 Å². The van der Waals surface area contributed by atoms with Crippen LogP contribution in [-0.2, 0) is 22.2 Å². The topological polar surface area (TPSA) is 64.6 Å². The van der Waals surface area contributed by atoms with Crippen LogP contribution in [0.25, 0.3) is 16.0 Å². The van der Waals surface area contributed by atoms with E-state index in [1.54, 1.807) is 43.5 Å². The number of halogens is 1. The minimum absolute atomic E-state index is 0.146. The van der Waals surface area contributed by atoms with E-state index < -0.39 is 11.0 Å². The molecule has 2 aliphatic rings. The third-order valence-electron chi connectivity index (χ3n) is 5.75. The van der Waals surface area contributed by atoms with Crippen LogP contribution < -0.4 is 14.2 Å². The van der Waals surface area contributed by atoms with Gasteiger partial charge in [-0.3, -0.25) is 9.52 Å². The lowest BCUT2D eigenvalue weighted by Crippen LogP contribution is -2.16. The largest absolute Gasteiger partial charge is 0.497 e. The van der Waals surface area contributed by atoms with Crippen molar-refractivity contribution in [2.75, 3.05) is 7.11 Å². The molecule has 7 heteroatoms. The van der Waals surface area contributed by atoms with Crippen molar-refractivity contribution in [2.24, 2.45) is 0 Å². The Kier molecular flexibility index (Phi) is 5.27. The summed E-state index contributed by atoms with van der Waals surface area (Å²) in [7, 11) is 0.0401. The second-order valence-electron chi connectivity index (χ2n) is 7.63. The number of hydrogen-bond donors (Lipinski definition) is 1. The fourth-order valence-corrected chi connectivity index (χ4v) is 5.15. The molecule has 0 radical (unpaired) electrons. The number of carbonyl (C=O) groups excluding carboxylic acids is 1. The zero-order valence-corrected chi connectivity index (χ0v) is 18.1. The molecule has 1 N–H and O–H groups in total. The Morgan fingerprint density at radius 2 is 1.81 bits per heavy atom. The number of nitrogens with one attached hydrogen (secondary N) is 1. The fourth-order valence-electron chi connectivity index (χ4n) is 4.23. The molecule has 1 heterocycles. The molecule has 1 aliphatic heterocycles. The summed E-state index contributed by atoms with van der Waals surface area (Å²) in [6.07, 6.45) is 2.77. The number of carbonyl (C=O) groups is 1. The highest BCUT2D eigenvalue weighted by molar-refractivity contribution is 7.93. The number of methoxy groups -OCH3 is 1. The summed E-state index contributed by atoms with van der Waals surface area (Å²) in [4.78, 5) is 11.9. The third-order valence-corrected chi connectivity index (χ3v) is 6.89. The maximum atomic E-state index is 14.6. The van der Waals surface area contributed by atoms with Crippen LogP contribution >= 0.6 is 0 Å². The van der Waals surface area contributed by atoms with Gasteiger partial charge in [0.05, 0.1) is 12.0 Å². The van der Waals surface area contributed by atoms with Crippen LogP contribution in [0.2, 0.25) is 0 Å². The maximum Gasteiger partial charge on any atom is 0.257 e. The lowest BCUT2D eigenvalue weighted by Gasteiger charge is -2.16. The molecule has 1 aliphatic carbocycles. The van der Waals surface area contributed by atoms with Crippen LogP contribution in [0.15, 0.2) is 66.7 Å². The second kappa shape index (κ2) is 8.24. The van der Waals surface area contributed by atoms with Gasteiger partial charge >= 0.3 is 0 Å². The van der Waals surface area contributed by atoms with Crippen LogP contribution in [0.3, 0.4) is 0 Å². The molecule has 3 aromatic carbocycles. The quantitative estimate of drug-likeness (QED) is 0.613. The van der Waals surface area contributed by atoms with Gasteiger partial charge in [0, 0.05) is 11.6 Å². The molecule has 0 saturated carbocycles. The first-order chi connectivity index (χ1) is 15.5. The zero-order chi connectivity index (χ0) is 22.2. The highest BCUT2D eigenvalue weighted by Gasteiger charge is 2.28. The number of ether oxygens (including phenoxy) is 2. The maximum absolute atomic E-state index is 14.6. The van der Waals surface area contributed by atoms with Crippen molar-refractivity contribution in [1.29, 1.82) is 0 Å². The van der Waals surface area contributed by atoms with Crippen LogP contribution in [0.4, 0.5) is 4.39 Å². The number of benzene rings is 3. The molecule has 1 amide bonds. The van der Waals surface area contributed by atoms with Crippen molar-refractivity contribution in [3.63, 3.8) is 0 Å². The van der Waals surface area contributed by atoms with Crippen molar-refractivity contribution in [3.8, 4) is 22.6 Å². The average molecular weight is 450 g/mol. The number of amides is 1. The Morgan fingerprint density at radius 3 is 2.53 bits per heavy atom. The smallest absolute Gasteiger partial charge is 0.257 e. The van der Waals surface area contributed by atoms with Crippen molar-refractivity contribution in [1.82, 2.24) is 4.72 Å². The van der Waals surface area contributed by atoms with Gasteiger partial charge < -0.3 is 9.47 Å². The molecule has 162 valence electrons. The highest BCUT2D eigenvalue weighted by Crippen LogP contribution is 2.41. The van der Waals surface area contributed by atoms with E-state index in [9.17, 15) is 13.4 Å². The van der Waals surface area contributed by atoms with Gasteiger partial charge in [-0.1, -0.05) is 30.3 Å². The summed E-state index contributed by atoms with van der Waals surface area (Å²) in [6.45, 7) is 0. The Morgan fingerprint density at radius 1 is 1.03 bits per heavy atom. The van der Waals surface area contributed by atoms with Gasteiger partial charge in [0.15, 0.2) is 11.0 Å². The lowest BCUT2D eigenvalue weighted by molar-refractivity contribution is -0.114. The van der Waals surface area contributed by atoms with E-state index in [4.69, 9.17) is 9.47 Å². The predicted octanol–water partition coefficient (Wildman–Crippen LogP) is 4.70. The molecule has 5 nitrogen and oxygen atoms in total. The third kappa shape index (κ3) is 3.69. The number of hydrogen-bond acceptors (Lipinski definition) is 4. The standard InChI is InChI=1S/C25H20FNO4S/c1-30-17-9-11-22(26)21(13-17)18-3-2-4-20-19(18)10-12-23(20)31-16-7-5-15(6-8-16)24-14-25(28)27-32(24)29/h2-9,11,13-14,23H,10,12H2,1H3,(H,27,28)/t23-,32?/m1/s1. The molecular formula is C25H20FNO4S. The van der Waals surface area contributed by atoms with E-state index in [2.05, 4.69) is 4.72 Å². The molecule has 5 rings (SSSR count). The first kappa shape index (κ1) is 20.5. The van der Waals surface area contributed by atoms with Gasteiger partial charge in [-0.15, -0.1) is 0 Å². The van der Waals surface area contributed by atoms with E-state index in [1.165, 1.54) is 12.1 Å². The van der Waals surface area contributed by atoms with E-state index >= 15 is 0 Å². The Balaban J connectivity index is 1.40. The molecule has 2 atom stereocenters. The highest BCUT2D eigenvalue weighted by atomic mass is 32.2. The molecule has 0 saturated heterocycles. The van der Waals surface area contributed by atoms with Gasteiger partial charge in [-0.25, -0.2) is 8.60 Å². The minimum Gasteiger partial charge on any atom is -0.497 e. The summed E-state index contributed by atoms with van der Waals surface area (Å²) >= 11 is 0. The Labute approximate surface area is 187 Å². The van der Waals surface area contributed by atoms with Gasteiger partial charge in [0.25, 0.3) is 5.91 Å². The molecule has 3 aromatic rings. The van der Waals surface area contributed by atoms with Crippen molar-refractivity contribution in [2.45, 2.75) is 18.9 Å². The summed E-state index contributed by atoms with van der Waals surface area (Å²) in [5.41, 5.74) is 4.21. The van der Waals surface area contributed by atoms with E-state index in [-0.39, 0.29) is 17.8 Å². The predicted molar refractivity (Wildman–Crippen MR) is 121 cm³/mol. The zero-order valence-electron chi connectivity index (χ0n) is 17.3. The van der Waals surface area contributed by atoms with E-state index in [1.807, 2.05) is 18.2 Å². The first-order valence-corrected chi connectivity index (χ1v) is 11.4. The van der Waals surface area contributed by atoms with Crippen LogP contribution in [-0.4, -0.2) is 17.2 Å². The number of fused-ring (bicyclic) bond motifs is 1. The monoisotopic (exact) mass is 449 g/mol. The second-order valence-corrected chi connectivity index (χ2v) is 8.81. The minimum atomic E-state index is -1.53. The summed E-state index contributed by atoms with van der Waals surface area (Å²) in [5.74, 6) is 0.642. The van der Waals surface area contributed by atoms with Crippen LogP contribution in [0.5, 0.6) is 11.5 Å². The fraction of sp³-hybridized carbons (Fsp3) is 0.160. The van der Waals surface area contributed by atoms with Crippen LogP contribution in [0, 0.1) is 5.82 Å². The average Bonchev–Trinajstić information content (AvgIpc) is 3.37. The van der Waals surface area contributed by atoms with Crippen molar-refractivity contribution in [3.05, 3.63) is 89.2 Å². The Hall–Kier alpha value is -3.45. The van der Waals surface area contributed by atoms with Crippen molar-refractivity contribution >= 4 is 21.8 Å². The molecule has 0 spiro atoms. The van der Waals surface area contributed by atoms with Gasteiger partial charge in [0.1, 0.15) is 23.4 Å². The lowest BCUT2D eigenvalue weighted by atomic mass is 9.96. The summed E-state index contributed by atoms with van der Waals surface area (Å²) in [5, 5.41) is 0. The molecule has 32 heavy (non-hydrogen) atoms. The Bertz CT molecular complexity index is 1270. The summed E-state index contributed by atoms with van der Waals surface area (Å²) < 4.78 is 40.4. The molecule has 0 bridgehead atoms. The van der Waals surface area contributed by atoms with Crippen molar-refractivity contribution < 1.29 is 22.9 Å². The van der Waals surface area contributed by atoms with E-state index in [0.717, 1.165) is 29.5 Å².